The molecule has 0 spiro atoms. The van der Waals surface area contributed by atoms with Crippen molar-refractivity contribution in [2.75, 3.05) is 38.5 Å². The van der Waals surface area contributed by atoms with E-state index in [1.54, 1.807) is 12.1 Å². The maximum atomic E-state index is 12.9. The molecule has 0 aromatic heterocycles. The Morgan fingerprint density at radius 1 is 1.10 bits per heavy atom. The van der Waals surface area contributed by atoms with Gasteiger partial charge in [-0.25, -0.2) is 8.42 Å². The van der Waals surface area contributed by atoms with E-state index in [1.165, 1.54) is 16.4 Å². The highest BCUT2D eigenvalue weighted by molar-refractivity contribution is 7.89. The largest absolute Gasteiger partial charge is 0.373 e. The van der Waals surface area contributed by atoms with Gasteiger partial charge in [0.15, 0.2) is 0 Å². The van der Waals surface area contributed by atoms with Crippen LogP contribution in [0.5, 0.6) is 0 Å². The van der Waals surface area contributed by atoms with Crippen LogP contribution in [0.25, 0.3) is 0 Å². The lowest BCUT2D eigenvalue weighted by molar-refractivity contribution is -0.384. The van der Waals surface area contributed by atoms with Gasteiger partial charge in [-0.2, -0.15) is 4.31 Å². The Labute approximate surface area is 175 Å². The van der Waals surface area contributed by atoms with Crippen molar-refractivity contribution in [3.63, 3.8) is 0 Å². The van der Waals surface area contributed by atoms with E-state index in [9.17, 15) is 18.5 Å². The minimum atomic E-state index is -3.78. The Balaban J connectivity index is 1.87. The molecule has 1 saturated heterocycles. The third kappa shape index (κ3) is 4.87. The van der Waals surface area contributed by atoms with E-state index in [2.05, 4.69) is 5.32 Å². The number of halogens is 1. The molecule has 0 radical (unpaired) electrons. The highest BCUT2D eigenvalue weighted by Crippen LogP contribution is 2.32. The van der Waals surface area contributed by atoms with Gasteiger partial charge >= 0.3 is 0 Å². The highest BCUT2D eigenvalue weighted by Gasteiger charge is 2.29. The number of anilines is 1. The normalized spacial score (nSPS) is 17.1. The maximum Gasteiger partial charge on any atom is 0.293 e. The number of nitro benzene ring substituents is 1. The zero-order valence-electron chi connectivity index (χ0n) is 16.2. The van der Waals surface area contributed by atoms with Crippen molar-refractivity contribution in [2.45, 2.75) is 17.9 Å². The van der Waals surface area contributed by atoms with Crippen LogP contribution >= 0.6 is 11.6 Å². The molecule has 1 aliphatic rings. The number of sulfonamides is 1. The predicted octanol–water partition coefficient (Wildman–Crippen LogP) is 3.36. The molecule has 0 bridgehead atoms. The van der Waals surface area contributed by atoms with Gasteiger partial charge in [0.1, 0.15) is 5.69 Å². The second-order valence-corrected chi connectivity index (χ2v) is 9.44. The smallest absolute Gasteiger partial charge is 0.293 e. The van der Waals surface area contributed by atoms with Crippen LogP contribution in [0, 0.1) is 10.1 Å². The molecule has 0 aliphatic carbocycles. The first-order valence-electron chi connectivity index (χ1n) is 9.17. The van der Waals surface area contributed by atoms with Crippen molar-refractivity contribution in [3.05, 3.63) is 63.2 Å². The van der Waals surface area contributed by atoms with E-state index in [0.717, 1.165) is 11.6 Å². The van der Waals surface area contributed by atoms with Crippen LogP contribution in [-0.2, 0) is 10.0 Å². The van der Waals surface area contributed by atoms with Crippen LogP contribution in [0.4, 0.5) is 11.4 Å². The Hall–Kier alpha value is -2.20. The number of hydrogen-bond acceptors (Lipinski definition) is 6. The first kappa shape index (κ1) is 21.5. The number of nitrogens with one attached hydrogen (secondary N) is 1. The Morgan fingerprint density at radius 3 is 2.31 bits per heavy atom. The molecule has 1 aliphatic heterocycles. The molecule has 156 valence electrons. The van der Waals surface area contributed by atoms with Gasteiger partial charge in [-0.15, -0.1) is 0 Å². The minimum absolute atomic E-state index is 0.0709. The molecular weight excluding hydrogens is 416 g/mol. The van der Waals surface area contributed by atoms with Gasteiger partial charge in [-0.1, -0.05) is 23.7 Å². The van der Waals surface area contributed by atoms with Crippen LogP contribution in [0.3, 0.4) is 0 Å². The molecule has 0 unspecified atom stereocenters. The lowest BCUT2D eigenvalue weighted by Gasteiger charge is -2.31. The van der Waals surface area contributed by atoms with Crippen molar-refractivity contribution in [2.24, 2.45) is 0 Å². The average molecular weight is 439 g/mol. The Kier molecular flexibility index (Phi) is 6.42. The van der Waals surface area contributed by atoms with E-state index < -0.39 is 14.9 Å². The third-order valence-electron chi connectivity index (χ3n) is 5.01. The molecule has 10 heteroatoms. The molecule has 0 amide bonds. The number of benzene rings is 2. The van der Waals surface area contributed by atoms with Crippen LogP contribution in [0.15, 0.2) is 47.4 Å². The highest BCUT2D eigenvalue weighted by atomic mass is 35.5. The zero-order chi connectivity index (χ0) is 21.2. The first-order chi connectivity index (χ1) is 13.7. The summed E-state index contributed by atoms with van der Waals surface area (Å²) in [5.74, 6) is 0. The summed E-state index contributed by atoms with van der Waals surface area (Å²) >= 11 is 5.90. The van der Waals surface area contributed by atoms with Crippen molar-refractivity contribution >= 4 is 33.0 Å². The number of piperazine rings is 1. The molecule has 3 rings (SSSR count). The fraction of sp³-hybridized carbons (Fsp3) is 0.368. The molecular formula is C19H23ClN4O4S. The lowest BCUT2D eigenvalue weighted by Crippen LogP contribution is -2.47. The summed E-state index contributed by atoms with van der Waals surface area (Å²) < 4.78 is 27.2. The topological polar surface area (TPSA) is 95.8 Å². The summed E-state index contributed by atoms with van der Waals surface area (Å²) in [6, 6.07) is 10.9. The molecule has 0 saturated carbocycles. The van der Waals surface area contributed by atoms with Crippen molar-refractivity contribution in [1.29, 1.82) is 0 Å². The number of likely N-dealkylation sites (N-methyl/N-ethyl adjacent to an activating group) is 1. The van der Waals surface area contributed by atoms with Crippen molar-refractivity contribution in [1.82, 2.24) is 9.21 Å². The average Bonchev–Trinajstić information content (AvgIpc) is 2.68. The van der Waals surface area contributed by atoms with Crippen LogP contribution in [0.1, 0.15) is 18.5 Å². The summed E-state index contributed by atoms with van der Waals surface area (Å²) in [5.41, 5.74) is 0.883. The van der Waals surface area contributed by atoms with E-state index in [-0.39, 0.29) is 22.3 Å². The summed E-state index contributed by atoms with van der Waals surface area (Å²) in [7, 11) is -1.86. The van der Waals surface area contributed by atoms with E-state index >= 15 is 0 Å². The van der Waals surface area contributed by atoms with E-state index in [1.807, 2.05) is 31.0 Å². The molecule has 29 heavy (non-hydrogen) atoms. The standard InChI is InChI=1S/C19H23ClN4O4S/c1-14(15-3-5-16(20)6-4-15)21-18-8-7-17(13-19(18)24(25)26)29(27,28)23-11-9-22(2)10-12-23/h3-8,13-14,21H,9-12H2,1-2H3/t14-/m1/s1. The van der Waals surface area contributed by atoms with Crippen LogP contribution in [-0.4, -0.2) is 55.8 Å². The van der Waals surface area contributed by atoms with Crippen LogP contribution < -0.4 is 5.32 Å². The van der Waals surface area contributed by atoms with Gasteiger partial charge in [-0.05, 0) is 43.8 Å². The molecule has 1 fully saturated rings. The SMILES string of the molecule is C[C@@H](Nc1ccc(S(=O)(=O)N2CCN(C)CC2)cc1[N+](=O)[O-])c1ccc(Cl)cc1. The molecule has 8 nitrogen and oxygen atoms in total. The van der Waals surface area contributed by atoms with Gasteiger partial charge in [0.2, 0.25) is 10.0 Å². The van der Waals surface area contributed by atoms with Gasteiger partial charge < -0.3 is 10.2 Å². The monoisotopic (exact) mass is 438 g/mol. The predicted molar refractivity (Wildman–Crippen MR) is 113 cm³/mol. The Morgan fingerprint density at radius 2 is 1.72 bits per heavy atom. The van der Waals surface area contributed by atoms with Crippen LogP contribution in [0.2, 0.25) is 5.02 Å². The third-order valence-corrected chi connectivity index (χ3v) is 7.15. The van der Waals surface area contributed by atoms with Crippen molar-refractivity contribution < 1.29 is 13.3 Å². The molecule has 1 atom stereocenters. The molecule has 2 aromatic carbocycles. The van der Waals surface area contributed by atoms with Gasteiger partial charge in [0, 0.05) is 43.3 Å². The maximum absolute atomic E-state index is 12.9. The summed E-state index contributed by atoms with van der Waals surface area (Å²) in [4.78, 5) is 13.0. The van der Waals surface area contributed by atoms with Gasteiger partial charge in [0.25, 0.3) is 5.69 Å². The fourth-order valence-corrected chi connectivity index (χ4v) is 4.76. The molecule has 2 aromatic rings. The Bertz CT molecular complexity index is 990. The first-order valence-corrected chi connectivity index (χ1v) is 11.0. The van der Waals surface area contributed by atoms with Crippen molar-refractivity contribution in [3.8, 4) is 0 Å². The van der Waals surface area contributed by atoms with Gasteiger partial charge in [0.05, 0.1) is 9.82 Å². The minimum Gasteiger partial charge on any atom is -0.373 e. The zero-order valence-corrected chi connectivity index (χ0v) is 17.8. The number of nitrogens with zero attached hydrogens (tertiary/aromatic N) is 3. The van der Waals surface area contributed by atoms with Gasteiger partial charge in [-0.3, -0.25) is 10.1 Å². The summed E-state index contributed by atoms with van der Waals surface area (Å²) in [5, 5.41) is 15.3. The quantitative estimate of drug-likeness (QED) is 0.548. The number of rotatable bonds is 6. The number of hydrogen-bond donors (Lipinski definition) is 1. The molecule has 1 N–H and O–H groups in total. The lowest BCUT2D eigenvalue weighted by atomic mass is 10.1. The second kappa shape index (κ2) is 8.66. The number of nitro groups is 1. The summed E-state index contributed by atoms with van der Waals surface area (Å²) in [6.45, 7) is 3.83. The fourth-order valence-electron chi connectivity index (χ4n) is 3.19. The van der Waals surface area contributed by atoms with E-state index in [0.29, 0.717) is 31.2 Å². The molecule has 1 heterocycles. The van der Waals surface area contributed by atoms with E-state index in [4.69, 9.17) is 11.6 Å². The second-order valence-electron chi connectivity index (χ2n) is 7.06. The summed E-state index contributed by atoms with van der Waals surface area (Å²) in [6.07, 6.45) is 0.